The first-order chi connectivity index (χ1) is 12.9. The maximum absolute atomic E-state index is 13.2. The fraction of sp³-hybridized carbons (Fsp3) is 0.444. The first-order valence-corrected chi connectivity index (χ1v) is 9.67. The normalized spacial score (nSPS) is 17.3. The van der Waals surface area contributed by atoms with Gasteiger partial charge >= 0.3 is 0 Å². The third kappa shape index (κ3) is 3.16. The molecule has 27 heavy (non-hydrogen) atoms. The van der Waals surface area contributed by atoms with Crippen LogP contribution in [0.5, 0.6) is 11.5 Å². The van der Waals surface area contributed by atoms with Gasteiger partial charge in [-0.25, -0.2) is 4.68 Å². The Morgan fingerprint density at radius 3 is 2.63 bits per heavy atom. The highest BCUT2D eigenvalue weighted by Gasteiger charge is 2.37. The van der Waals surface area contributed by atoms with E-state index < -0.39 is 5.54 Å². The number of carbonyl (C=O) groups excluding carboxylic acids is 1. The number of fused-ring (bicyclic) bond motifs is 2. The molecule has 9 heteroatoms. The van der Waals surface area contributed by atoms with Crippen LogP contribution in [0.15, 0.2) is 23.4 Å². The lowest BCUT2D eigenvalue weighted by molar-refractivity contribution is -0.116. The van der Waals surface area contributed by atoms with Crippen LogP contribution in [0.3, 0.4) is 0 Å². The molecule has 0 unspecified atom stereocenters. The Morgan fingerprint density at radius 1 is 1.26 bits per heavy atom. The Kier molecular flexibility index (Phi) is 4.33. The molecule has 1 aromatic carbocycles. The molecule has 0 radical (unpaired) electrons. The van der Waals surface area contributed by atoms with E-state index in [2.05, 4.69) is 28.5 Å². The zero-order valence-electron chi connectivity index (χ0n) is 15.7. The van der Waals surface area contributed by atoms with Crippen molar-refractivity contribution in [3.8, 4) is 11.5 Å². The summed E-state index contributed by atoms with van der Waals surface area (Å²) in [5, 5.41) is 11.9. The number of aromatic nitrogens is 4. The van der Waals surface area contributed by atoms with Gasteiger partial charge in [0.15, 0.2) is 11.5 Å². The lowest BCUT2D eigenvalue weighted by Crippen LogP contribution is -2.49. The Morgan fingerprint density at radius 2 is 1.96 bits per heavy atom. The van der Waals surface area contributed by atoms with Gasteiger partial charge in [0.1, 0.15) is 13.2 Å². The number of thioether (sulfide) groups is 1. The van der Waals surface area contributed by atoms with Crippen molar-refractivity contribution in [2.45, 2.75) is 31.5 Å². The molecule has 0 saturated carbocycles. The van der Waals surface area contributed by atoms with Gasteiger partial charge < -0.3 is 14.4 Å². The number of amides is 1. The highest BCUT2D eigenvalue weighted by atomic mass is 32.2. The predicted molar refractivity (Wildman–Crippen MR) is 102 cm³/mol. The zero-order chi connectivity index (χ0) is 19.2. The van der Waals surface area contributed by atoms with Gasteiger partial charge in [0.2, 0.25) is 11.1 Å². The van der Waals surface area contributed by atoms with Crippen LogP contribution in [-0.2, 0) is 11.8 Å². The van der Waals surface area contributed by atoms with Gasteiger partial charge in [-0.15, -0.1) is 5.10 Å². The molecule has 1 aromatic heterocycles. The number of tetrazole rings is 1. The first kappa shape index (κ1) is 17.8. The number of hydrogen-bond donors (Lipinski definition) is 0. The standard InChI is InChI=1S/C18H21N5O3S/c1-11-9-18(2,3)23(16(24)10-27-17-19-20-21-22(17)4)13-8-15-14(7-12(11)13)25-5-6-26-15/h7-9H,5-6,10H2,1-4H3. The van der Waals surface area contributed by atoms with Gasteiger partial charge in [0.05, 0.1) is 17.0 Å². The molecule has 0 fully saturated rings. The molecule has 0 saturated heterocycles. The summed E-state index contributed by atoms with van der Waals surface area (Å²) in [6.07, 6.45) is 2.11. The molecule has 8 nitrogen and oxygen atoms in total. The van der Waals surface area contributed by atoms with Crippen LogP contribution >= 0.6 is 11.8 Å². The van der Waals surface area contributed by atoms with E-state index in [1.54, 1.807) is 11.7 Å². The summed E-state index contributed by atoms with van der Waals surface area (Å²) in [5.74, 6) is 1.61. The molecule has 2 aliphatic heterocycles. The molecule has 0 atom stereocenters. The summed E-state index contributed by atoms with van der Waals surface area (Å²) in [4.78, 5) is 15.0. The maximum atomic E-state index is 13.2. The van der Waals surface area contributed by atoms with Crippen molar-refractivity contribution < 1.29 is 14.3 Å². The second-order valence-electron chi connectivity index (χ2n) is 7.10. The quantitative estimate of drug-likeness (QED) is 0.748. The average Bonchev–Trinajstić information content (AvgIpc) is 3.03. The van der Waals surface area contributed by atoms with E-state index in [0.717, 1.165) is 22.6 Å². The smallest absolute Gasteiger partial charge is 0.238 e. The number of benzene rings is 1. The third-order valence-electron chi connectivity index (χ3n) is 4.63. The van der Waals surface area contributed by atoms with Crippen LogP contribution < -0.4 is 14.4 Å². The summed E-state index contributed by atoms with van der Waals surface area (Å²) in [6, 6.07) is 3.87. The Balaban J connectivity index is 1.69. The zero-order valence-corrected chi connectivity index (χ0v) is 16.5. The molecule has 0 bridgehead atoms. The number of hydrogen-bond acceptors (Lipinski definition) is 7. The van der Waals surface area contributed by atoms with Gasteiger partial charge in [-0.05, 0) is 42.8 Å². The van der Waals surface area contributed by atoms with E-state index in [0.29, 0.717) is 24.1 Å². The molecule has 0 aliphatic carbocycles. The van der Waals surface area contributed by atoms with Crippen molar-refractivity contribution in [3.05, 3.63) is 23.8 Å². The highest BCUT2D eigenvalue weighted by molar-refractivity contribution is 7.99. The summed E-state index contributed by atoms with van der Waals surface area (Å²) in [5.41, 5.74) is 2.47. The molecule has 0 N–H and O–H groups in total. The number of aryl methyl sites for hydroxylation is 1. The second kappa shape index (κ2) is 6.56. The minimum absolute atomic E-state index is 0.0188. The molecule has 142 valence electrons. The third-order valence-corrected chi connectivity index (χ3v) is 5.62. The van der Waals surface area contributed by atoms with Crippen LogP contribution in [0.2, 0.25) is 0 Å². The van der Waals surface area contributed by atoms with Gasteiger partial charge in [-0.2, -0.15) is 0 Å². The first-order valence-electron chi connectivity index (χ1n) is 8.68. The van der Waals surface area contributed by atoms with Crippen molar-refractivity contribution in [2.75, 3.05) is 23.9 Å². The highest BCUT2D eigenvalue weighted by Crippen LogP contribution is 2.45. The maximum Gasteiger partial charge on any atom is 0.238 e. The lowest BCUT2D eigenvalue weighted by atomic mass is 9.88. The Hall–Kier alpha value is -2.55. The number of ether oxygens (including phenoxy) is 2. The van der Waals surface area contributed by atoms with Crippen LogP contribution in [0.1, 0.15) is 26.3 Å². The van der Waals surface area contributed by atoms with Crippen molar-refractivity contribution in [3.63, 3.8) is 0 Å². The van der Waals surface area contributed by atoms with Gasteiger partial charge in [-0.1, -0.05) is 17.8 Å². The van der Waals surface area contributed by atoms with Crippen LogP contribution in [0, 0.1) is 0 Å². The number of carbonyl (C=O) groups is 1. The van der Waals surface area contributed by atoms with Gasteiger partial charge in [0.25, 0.3) is 0 Å². The molecule has 0 spiro atoms. The summed E-state index contributed by atoms with van der Waals surface area (Å²) in [6.45, 7) is 7.15. The number of nitrogens with zero attached hydrogens (tertiary/aromatic N) is 5. The topological polar surface area (TPSA) is 82.4 Å². The van der Waals surface area contributed by atoms with Gasteiger partial charge in [0, 0.05) is 18.7 Å². The summed E-state index contributed by atoms with van der Waals surface area (Å²) < 4.78 is 13.0. The Bertz CT molecular complexity index is 937. The molecule has 4 rings (SSSR count). The van der Waals surface area contributed by atoms with E-state index in [-0.39, 0.29) is 11.7 Å². The minimum Gasteiger partial charge on any atom is -0.486 e. The molecular formula is C18H21N5O3S. The summed E-state index contributed by atoms with van der Waals surface area (Å²) >= 11 is 1.32. The van der Waals surface area contributed by atoms with Crippen molar-refractivity contribution in [2.24, 2.45) is 7.05 Å². The fourth-order valence-corrected chi connectivity index (χ4v) is 4.25. The molecular weight excluding hydrogens is 366 g/mol. The van der Waals surface area contributed by atoms with E-state index in [1.165, 1.54) is 11.8 Å². The molecule has 3 heterocycles. The minimum atomic E-state index is -0.462. The van der Waals surface area contributed by atoms with Crippen molar-refractivity contribution >= 4 is 28.9 Å². The SMILES string of the molecule is CC1=CC(C)(C)N(C(=O)CSc2nnnn2C)c2cc3c(cc21)OCCO3. The van der Waals surface area contributed by atoms with Crippen LogP contribution in [0.4, 0.5) is 5.69 Å². The molecule has 1 amide bonds. The second-order valence-corrected chi connectivity index (χ2v) is 8.04. The van der Waals surface area contributed by atoms with Crippen LogP contribution in [-0.4, -0.2) is 50.6 Å². The molecule has 2 aromatic rings. The van der Waals surface area contributed by atoms with Gasteiger partial charge in [-0.3, -0.25) is 4.79 Å². The largest absolute Gasteiger partial charge is 0.486 e. The van der Waals surface area contributed by atoms with E-state index in [1.807, 2.05) is 30.9 Å². The van der Waals surface area contributed by atoms with E-state index >= 15 is 0 Å². The fourth-order valence-electron chi connectivity index (χ4n) is 3.55. The monoisotopic (exact) mass is 387 g/mol. The predicted octanol–water partition coefficient (Wildman–Crippen LogP) is 2.30. The number of anilines is 1. The van der Waals surface area contributed by atoms with Crippen molar-refractivity contribution in [1.82, 2.24) is 20.2 Å². The molecule has 2 aliphatic rings. The lowest BCUT2D eigenvalue weighted by Gasteiger charge is -2.42. The number of allylic oxidation sites excluding steroid dienone is 1. The summed E-state index contributed by atoms with van der Waals surface area (Å²) in [7, 11) is 1.75. The Labute approximate surface area is 161 Å². The number of rotatable bonds is 3. The van der Waals surface area contributed by atoms with E-state index in [9.17, 15) is 4.79 Å². The van der Waals surface area contributed by atoms with Crippen LogP contribution in [0.25, 0.3) is 5.57 Å². The van der Waals surface area contributed by atoms with E-state index in [4.69, 9.17) is 9.47 Å². The van der Waals surface area contributed by atoms with Crippen molar-refractivity contribution in [1.29, 1.82) is 0 Å². The average molecular weight is 387 g/mol.